The van der Waals surface area contributed by atoms with Gasteiger partial charge in [-0.3, -0.25) is 0 Å². The molecule has 0 radical (unpaired) electrons. The summed E-state index contributed by atoms with van der Waals surface area (Å²) in [5, 5.41) is 33.9. The first-order chi connectivity index (χ1) is 14.3. The molecule has 0 aromatic heterocycles. The van der Waals surface area contributed by atoms with E-state index < -0.39 is 0 Å². The molecule has 0 unspecified atom stereocenters. The van der Waals surface area contributed by atoms with Gasteiger partial charge in [0.05, 0.1) is 18.3 Å². The predicted octanol–water partition coefficient (Wildman–Crippen LogP) is 5.80. The van der Waals surface area contributed by atoms with Crippen LogP contribution in [0, 0.1) is 51.2 Å². The number of fused-ring (bicyclic) bond motifs is 5. The summed E-state index contributed by atoms with van der Waals surface area (Å²) < 4.78 is 0. The number of hydrogen-bond donors (Lipinski definition) is 3. The van der Waals surface area contributed by atoms with Gasteiger partial charge in [-0.05, 0) is 97.2 Å². The lowest BCUT2D eigenvalue weighted by Crippen LogP contribution is -2.68. The normalized spacial score (nSPS) is 55.5. The van der Waals surface area contributed by atoms with Gasteiger partial charge in [0.15, 0.2) is 0 Å². The van der Waals surface area contributed by atoms with E-state index >= 15 is 0 Å². The van der Waals surface area contributed by atoms with Crippen molar-refractivity contribution in [3.8, 4) is 0 Å². The summed E-state index contributed by atoms with van der Waals surface area (Å²) in [6.07, 6.45) is 8.28. The minimum atomic E-state index is -0.317. The quantitative estimate of drug-likeness (QED) is 0.524. The van der Waals surface area contributed by atoms with E-state index in [1.54, 1.807) is 0 Å². The fourth-order valence-corrected chi connectivity index (χ4v) is 9.73. The third-order valence-electron chi connectivity index (χ3n) is 12.4. The molecule has 3 nitrogen and oxygen atoms in total. The highest BCUT2D eigenvalue weighted by Gasteiger charge is 2.72. The summed E-state index contributed by atoms with van der Waals surface area (Å²) in [4.78, 5) is 0. The molecule has 0 heterocycles. The zero-order chi connectivity index (χ0) is 23.0. The van der Waals surface area contributed by atoms with Gasteiger partial charge in [-0.2, -0.15) is 0 Å². The molecule has 0 amide bonds. The number of hydrogen-bond acceptors (Lipinski definition) is 3. The number of aliphatic hydroxyl groups is 3. The fourth-order valence-electron chi connectivity index (χ4n) is 9.73. The molecule has 0 aromatic carbocycles. The molecular formula is C28H50O3. The lowest BCUT2D eigenvalue weighted by molar-refractivity contribution is -0.260. The van der Waals surface area contributed by atoms with Crippen molar-refractivity contribution < 1.29 is 15.3 Å². The first-order valence-corrected chi connectivity index (χ1v) is 13.4. The van der Waals surface area contributed by atoms with Crippen molar-refractivity contribution in [2.45, 2.75) is 125 Å². The van der Waals surface area contributed by atoms with Crippen molar-refractivity contribution in [3.63, 3.8) is 0 Å². The summed E-state index contributed by atoms with van der Waals surface area (Å²) in [6, 6.07) is 0. The lowest BCUT2D eigenvalue weighted by Gasteiger charge is -2.70. The molecule has 4 aliphatic carbocycles. The van der Waals surface area contributed by atoms with Crippen LogP contribution in [-0.2, 0) is 0 Å². The predicted molar refractivity (Wildman–Crippen MR) is 126 cm³/mol. The standard InChI is InChI=1S/C28H50O3/c1-17(2)8-9-18(3)25(4)13-11-21-24-22(30)15-19-14-20(29)10-12-26(19,5)27(24,6)16-23(31)28(21,25)7/h17-24,29-31H,8-16H2,1-7H3/t18-,19+,20-,21+,22-,23+,24-,25-,26+,27+,28-/m1/s1. The second kappa shape index (κ2) is 7.70. The van der Waals surface area contributed by atoms with Gasteiger partial charge >= 0.3 is 0 Å². The summed E-state index contributed by atoms with van der Waals surface area (Å²) in [7, 11) is 0. The smallest absolute Gasteiger partial charge is 0.0607 e. The van der Waals surface area contributed by atoms with Crippen LogP contribution in [-0.4, -0.2) is 33.6 Å². The van der Waals surface area contributed by atoms with Crippen LogP contribution in [0.5, 0.6) is 0 Å². The molecule has 4 aliphatic rings. The van der Waals surface area contributed by atoms with E-state index in [4.69, 9.17) is 0 Å². The van der Waals surface area contributed by atoms with E-state index in [1.165, 1.54) is 19.3 Å². The van der Waals surface area contributed by atoms with Crippen LogP contribution in [0.3, 0.4) is 0 Å². The third kappa shape index (κ3) is 3.15. The van der Waals surface area contributed by atoms with Gasteiger partial charge in [0.2, 0.25) is 0 Å². The van der Waals surface area contributed by atoms with Crippen molar-refractivity contribution in [1.82, 2.24) is 0 Å². The van der Waals surface area contributed by atoms with E-state index in [0.717, 1.165) is 38.5 Å². The second-order valence-electron chi connectivity index (χ2n) is 13.7. The third-order valence-corrected chi connectivity index (χ3v) is 12.4. The van der Waals surface area contributed by atoms with Crippen molar-refractivity contribution >= 4 is 0 Å². The van der Waals surface area contributed by atoms with E-state index in [2.05, 4.69) is 48.5 Å². The first-order valence-electron chi connectivity index (χ1n) is 13.4. The van der Waals surface area contributed by atoms with Crippen molar-refractivity contribution in [3.05, 3.63) is 0 Å². The van der Waals surface area contributed by atoms with Crippen LogP contribution in [0.1, 0.15) is 106 Å². The van der Waals surface area contributed by atoms with Gasteiger partial charge in [-0.1, -0.05) is 54.9 Å². The number of aliphatic hydroxyl groups excluding tert-OH is 3. The second-order valence-corrected chi connectivity index (χ2v) is 13.7. The maximum atomic E-state index is 11.9. The topological polar surface area (TPSA) is 60.7 Å². The number of rotatable bonds is 4. The Balaban J connectivity index is 1.70. The van der Waals surface area contributed by atoms with Crippen LogP contribution >= 0.6 is 0 Å². The Kier molecular flexibility index (Phi) is 5.97. The first kappa shape index (κ1) is 24.0. The Morgan fingerprint density at radius 3 is 2.16 bits per heavy atom. The Morgan fingerprint density at radius 1 is 0.839 bits per heavy atom. The molecule has 4 rings (SSSR count). The molecule has 3 heteroatoms. The van der Waals surface area contributed by atoms with Gasteiger partial charge < -0.3 is 15.3 Å². The molecule has 180 valence electrons. The van der Waals surface area contributed by atoms with Crippen LogP contribution in [0.2, 0.25) is 0 Å². The molecule has 0 saturated heterocycles. The summed E-state index contributed by atoms with van der Waals surface area (Å²) in [5.74, 6) is 2.30. The highest BCUT2D eigenvalue weighted by atomic mass is 16.3. The highest BCUT2D eigenvalue weighted by Crippen LogP contribution is 2.75. The molecule has 31 heavy (non-hydrogen) atoms. The van der Waals surface area contributed by atoms with Crippen LogP contribution < -0.4 is 0 Å². The summed E-state index contributed by atoms with van der Waals surface area (Å²) >= 11 is 0. The summed E-state index contributed by atoms with van der Waals surface area (Å²) in [5.41, 5.74) is 0.0195. The SMILES string of the molecule is CC(C)CC[C@@H](C)[C@@]1(C)CC[C@H]2[C@@H]3[C@H](O)C[C@@H]4C[C@H](O)CC[C@]4(C)[C@@]3(C)C[C@H](O)[C@@]21C. The van der Waals surface area contributed by atoms with Crippen LogP contribution in [0.25, 0.3) is 0 Å². The van der Waals surface area contributed by atoms with Gasteiger partial charge in [0.1, 0.15) is 0 Å². The van der Waals surface area contributed by atoms with Gasteiger partial charge in [-0.25, -0.2) is 0 Å². The molecule has 11 atom stereocenters. The van der Waals surface area contributed by atoms with Gasteiger partial charge in [-0.15, -0.1) is 0 Å². The molecule has 4 fully saturated rings. The molecule has 4 saturated carbocycles. The van der Waals surface area contributed by atoms with E-state index in [-0.39, 0.29) is 45.9 Å². The lowest BCUT2D eigenvalue weighted by atomic mass is 9.36. The minimum Gasteiger partial charge on any atom is -0.393 e. The Bertz CT molecular complexity index is 677. The monoisotopic (exact) mass is 434 g/mol. The van der Waals surface area contributed by atoms with Gasteiger partial charge in [0, 0.05) is 5.41 Å². The van der Waals surface area contributed by atoms with Gasteiger partial charge in [0.25, 0.3) is 0 Å². The highest BCUT2D eigenvalue weighted by molar-refractivity contribution is 5.21. The van der Waals surface area contributed by atoms with E-state index in [0.29, 0.717) is 23.7 Å². The molecule has 0 aromatic rings. The van der Waals surface area contributed by atoms with Crippen molar-refractivity contribution in [2.75, 3.05) is 0 Å². The fraction of sp³-hybridized carbons (Fsp3) is 1.00. The van der Waals surface area contributed by atoms with E-state index in [9.17, 15) is 15.3 Å². The van der Waals surface area contributed by atoms with Crippen molar-refractivity contribution in [1.29, 1.82) is 0 Å². The molecule has 0 spiro atoms. The maximum Gasteiger partial charge on any atom is 0.0607 e. The molecule has 3 N–H and O–H groups in total. The summed E-state index contributed by atoms with van der Waals surface area (Å²) in [6.45, 7) is 16.7. The largest absolute Gasteiger partial charge is 0.393 e. The van der Waals surface area contributed by atoms with Crippen molar-refractivity contribution in [2.24, 2.45) is 51.2 Å². The maximum absolute atomic E-state index is 11.9. The van der Waals surface area contributed by atoms with E-state index in [1.807, 2.05) is 0 Å². The Labute approximate surface area is 191 Å². The average Bonchev–Trinajstić information content (AvgIpc) is 2.96. The Morgan fingerprint density at radius 2 is 1.52 bits per heavy atom. The molecule has 0 bridgehead atoms. The average molecular weight is 435 g/mol. The minimum absolute atomic E-state index is 0.0640. The van der Waals surface area contributed by atoms with Crippen LogP contribution in [0.4, 0.5) is 0 Å². The van der Waals surface area contributed by atoms with Crippen LogP contribution in [0.15, 0.2) is 0 Å². The molecular weight excluding hydrogens is 384 g/mol. The zero-order valence-electron chi connectivity index (χ0n) is 21.3. The molecule has 0 aliphatic heterocycles. The zero-order valence-corrected chi connectivity index (χ0v) is 21.3. The Hall–Kier alpha value is -0.120.